The third-order valence-corrected chi connectivity index (χ3v) is 9.67. The molecule has 226 valence electrons. The Kier molecular flexibility index (Phi) is 8.10. The molecule has 2 aromatic carbocycles. The summed E-state index contributed by atoms with van der Waals surface area (Å²) in [5, 5.41) is 19.2. The number of aliphatic hydroxyl groups excluding tert-OH is 1. The van der Waals surface area contributed by atoms with Crippen LogP contribution in [-0.2, 0) is 36.9 Å². The first-order chi connectivity index (χ1) is 20.8. The Morgan fingerprint density at radius 2 is 2.00 bits per heavy atom. The van der Waals surface area contributed by atoms with Crippen molar-refractivity contribution < 1.29 is 29.0 Å². The summed E-state index contributed by atoms with van der Waals surface area (Å²) in [5.41, 5.74) is 1.04. The van der Waals surface area contributed by atoms with Gasteiger partial charge in [0.25, 0.3) is 0 Å². The number of amides is 2. The number of alkyl halides is 1. The summed E-state index contributed by atoms with van der Waals surface area (Å²) in [6.45, 7) is 5.56. The zero-order chi connectivity index (χ0) is 30.3. The number of nitrogens with zero attached hydrogens (tertiary/aromatic N) is 5. The SMILES string of the molecule is C=CCN(Cn1nnc2ccccc21)C(=O)[C@H]1N([C@@H](CO)Cc2ccccc2)C(=O)[C@@H]2[C@@H](C(=O)OCC)[C@@H]3O[C@@]21CC3Br. The maximum absolute atomic E-state index is 14.8. The lowest BCUT2D eigenvalue weighted by Gasteiger charge is -2.39. The van der Waals surface area contributed by atoms with Crippen molar-refractivity contribution in [3.05, 3.63) is 72.8 Å². The van der Waals surface area contributed by atoms with Gasteiger partial charge in [0, 0.05) is 11.4 Å². The van der Waals surface area contributed by atoms with E-state index in [1.807, 2.05) is 54.6 Å². The van der Waals surface area contributed by atoms with E-state index in [0.29, 0.717) is 18.4 Å². The van der Waals surface area contributed by atoms with Crippen LogP contribution in [-0.4, -0.2) is 96.1 Å². The highest BCUT2D eigenvalue weighted by atomic mass is 79.9. The van der Waals surface area contributed by atoms with E-state index in [2.05, 4.69) is 32.8 Å². The van der Waals surface area contributed by atoms with Gasteiger partial charge in [0.05, 0.1) is 42.7 Å². The van der Waals surface area contributed by atoms with Crippen molar-refractivity contribution in [2.75, 3.05) is 19.8 Å². The number of aromatic nitrogens is 3. The molecule has 43 heavy (non-hydrogen) atoms. The molecule has 1 spiro atoms. The number of esters is 1. The molecule has 11 nitrogen and oxygen atoms in total. The molecule has 1 N–H and O–H groups in total. The van der Waals surface area contributed by atoms with Gasteiger partial charge >= 0.3 is 5.97 Å². The summed E-state index contributed by atoms with van der Waals surface area (Å²) in [6.07, 6.45) is 1.65. The molecule has 6 rings (SSSR count). The Hall–Kier alpha value is -3.61. The second kappa shape index (κ2) is 11.8. The van der Waals surface area contributed by atoms with Crippen molar-refractivity contribution in [3.63, 3.8) is 0 Å². The number of hydrogen-bond acceptors (Lipinski definition) is 8. The summed E-state index contributed by atoms with van der Waals surface area (Å²) in [4.78, 5) is 45.3. The summed E-state index contributed by atoms with van der Waals surface area (Å²) < 4.78 is 13.6. The lowest BCUT2D eigenvalue weighted by molar-refractivity contribution is -0.156. The molecule has 3 fully saturated rings. The van der Waals surface area contributed by atoms with E-state index in [9.17, 15) is 19.5 Å². The average Bonchev–Trinajstić information content (AvgIpc) is 3.73. The highest BCUT2D eigenvalue weighted by Gasteiger charge is 2.77. The van der Waals surface area contributed by atoms with Crippen molar-refractivity contribution in [2.45, 2.75) is 55.0 Å². The van der Waals surface area contributed by atoms with Crippen LogP contribution in [0.5, 0.6) is 0 Å². The second-order valence-corrected chi connectivity index (χ2v) is 12.4. The predicted octanol–water partition coefficient (Wildman–Crippen LogP) is 2.32. The smallest absolute Gasteiger partial charge is 0.312 e. The number of carbonyl (C=O) groups is 3. The molecule has 3 aliphatic heterocycles. The number of rotatable bonds is 11. The predicted molar refractivity (Wildman–Crippen MR) is 160 cm³/mol. The Bertz CT molecular complexity index is 1530. The topological polar surface area (TPSA) is 127 Å². The van der Waals surface area contributed by atoms with Crippen molar-refractivity contribution in [3.8, 4) is 0 Å². The lowest BCUT2D eigenvalue weighted by Crippen LogP contribution is -2.59. The minimum atomic E-state index is -1.29. The summed E-state index contributed by atoms with van der Waals surface area (Å²) >= 11 is 3.68. The zero-order valence-corrected chi connectivity index (χ0v) is 25.4. The van der Waals surface area contributed by atoms with Gasteiger partial charge in [-0.15, -0.1) is 11.7 Å². The van der Waals surface area contributed by atoms with E-state index in [1.54, 1.807) is 22.6 Å². The first-order valence-corrected chi connectivity index (χ1v) is 15.4. The molecular weight excluding hydrogens is 618 g/mol. The molecule has 7 atom stereocenters. The number of aliphatic hydroxyl groups is 1. The lowest BCUT2D eigenvalue weighted by atomic mass is 9.70. The van der Waals surface area contributed by atoms with Gasteiger partial charge < -0.3 is 24.4 Å². The molecule has 12 heteroatoms. The van der Waals surface area contributed by atoms with Crippen LogP contribution in [0.4, 0.5) is 0 Å². The van der Waals surface area contributed by atoms with Gasteiger partial charge in [-0.2, -0.15) is 0 Å². The van der Waals surface area contributed by atoms with E-state index in [-0.39, 0.29) is 37.2 Å². The Balaban J connectivity index is 1.43. The van der Waals surface area contributed by atoms with Gasteiger partial charge in [-0.25, -0.2) is 4.68 Å². The molecular formula is C31H34BrN5O6. The third kappa shape index (κ3) is 4.85. The van der Waals surface area contributed by atoms with E-state index in [4.69, 9.17) is 9.47 Å². The summed E-state index contributed by atoms with van der Waals surface area (Å²) in [6, 6.07) is 15.1. The van der Waals surface area contributed by atoms with Crippen LogP contribution in [0.1, 0.15) is 18.9 Å². The van der Waals surface area contributed by atoms with Crippen molar-refractivity contribution >= 4 is 44.7 Å². The third-order valence-electron chi connectivity index (χ3n) is 8.82. The average molecular weight is 653 g/mol. The van der Waals surface area contributed by atoms with E-state index in [0.717, 1.165) is 11.1 Å². The Labute approximate surface area is 257 Å². The number of halogens is 1. The number of hydrogen-bond donors (Lipinski definition) is 1. The highest BCUT2D eigenvalue weighted by molar-refractivity contribution is 9.09. The van der Waals surface area contributed by atoms with Gasteiger partial charge in [-0.05, 0) is 37.5 Å². The fourth-order valence-corrected chi connectivity index (χ4v) is 8.06. The standard InChI is InChI=1S/C31H34BrN5O6/c1-3-14-35(18-36-23-13-9-8-12-22(23)33-34-36)29(40)27-31-16-21(32)26(43-31)24(30(41)42-4-2)25(31)28(39)37(27)20(17-38)15-19-10-6-5-7-11-19/h3,5-13,20-21,24-27,38H,1,4,14-18H2,2H3/t20-,21?,24-,25+,26-,27-,31+/m1/s1. The van der Waals surface area contributed by atoms with Gasteiger partial charge in [0.2, 0.25) is 11.8 Å². The number of likely N-dealkylation sites (tertiary alicyclic amines) is 1. The number of ether oxygens (including phenoxy) is 2. The second-order valence-electron chi connectivity index (χ2n) is 11.3. The Morgan fingerprint density at radius 3 is 2.72 bits per heavy atom. The van der Waals surface area contributed by atoms with Crippen LogP contribution in [0, 0.1) is 11.8 Å². The first kappa shape index (κ1) is 29.5. The minimum Gasteiger partial charge on any atom is -0.466 e. The number of fused-ring (bicyclic) bond motifs is 2. The Morgan fingerprint density at radius 1 is 1.26 bits per heavy atom. The van der Waals surface area contributed by atoms with Crippen LogP contribution < -0.4 is 0 Å². The van der Waals surface area contributed by atoms with Gasteiger partial charge in [0.15, 0.2) is 0 Å². The molecule has 0 saturated carbocycles. The molecule has 1 unspecified atom stereocenters. The largest absolute Gasteiger partial charge is 0.466 e. The molecule has 3 saturated heterocycles. The monoisotopic (exact) mass is 651 g/mol. The summed E-state index contributed by atoms with van der Waals surface area (Å²) in [7, 11) is 0. The van der Waals surface area contributed by atoms with Crippen LogP contribution >= 0.6 is 15.9 Å². The van der Waals surface area contributed by atoms with Crippen molar-refractivity contribution in [2.24, 2.45) is 11.8 Å². The van der Waals surface area contributed by atoms with Crippen molar-refractivity contribution in [1.29, 1.82) is 0 Å². The van der Waals surface area contributed by atoms with E-state index < -0.39 is 47.5 Å². The molecule has 2 bridgehead atoms. The van der Waals surface area contributed by atoms with Crippen LogP contribution in [0.25, 0.3) is 11.0 Å². The van der Waals surface area contributed by atoms with Gasteiger partial charge in [0.1, 0.15) is 23.8 Å². The zero-order valence-electron chi connectivity index (χ0n) is 23.8. The van der Waals surface area contributed by atoms with Crippen LogP contribution in [0.3, 0.4) is 0 Å². The van der Waals surface area contributed by atoms with Gasteiger partial charge in [-0.1, -0.05) is 69.7 Å². The molecule has 3 aliphatic rings. The van der Waals surface area contributed by atoms with E-state index >= 15 is 0 Å². The van der Waals surface area contributed by atoms with E-state index in [1.165, 1.54) is 4.90 Å². The van der Waals surface area contributed by atoms with Crippen LogP contribution in [0.2, 0.25) is 0 Å². The fourth-order valence-electron chi connectivity index (χ4n) is 7.11. The molecule has 1 aromatic heterocycles. The minimum absolute atomic E-state index is 0.0512. The molecule has 4 heterocycles. The molecule has 0 radical (unpaired) electrons. The first-order valence-electron chi connectivity index (χ1n) is 14.5. The highest BCUT2D eigenvalue weighted by Crippen LogP contribution is 2.60. The number of carbonyl (C=O) groups excluding carboxylic acids is 3. The molecule has 3 aromatic rings. The number of benzene rings is 2. The quantitative estimate of drug-likeness (QED) is 0.190. The van der Waals surface area contributed by atoms with Gasteiger partial charge in [-0.3, -0.25) is 14.4 Å². The fraction of sp³-hybridized carbons (Fsp3) is 0.452. The molecule has 0 aliphatic carbocycles. The summed E-state index contributed by atoms with van der Waals surface area (Å²) in [5.74, 6) is -3.11. The maximum atomic E-state index is 14.8. The number of para-hydroxylation sites is 1. The molecule has 2 amide bonds. The van der Waals surface area contributed by atoms with Crippen LogP contribution in [0.15, 0.2) is 67.3 Å². The normalized spacial score (nSPS) is 28.2. The van der Waals surface area contributed by atoms with Crippen molar-refractivity contribution in [1.82, 2.24) is 24.8 Å². The maximum Gasteiger partial charge on any atom is 0.312 e.